The van der Waals surface area contributed by atoms with Gasteiger partial charge in [-0.15, -0.1) is 0 Å². The number of aliphatic carboxylic acids is 1. The number of rotatable bonds is 4. The molecule has 132 valence electrons. The third-order valence-electron chi connectivity index (χ3n) is 4.56. The molecular formula is C15H20N2O6S. The van der Waals surface area contributed by atoms with Gasteiger partial charge in [0.1, 0.15) is 16.7 Å². The highest BCUT2D eigenvalue weighted by Crippen LogP contribution is 2.28. The van der Waals surface area contributed by atoms with Gasteiger partial charge < -0.3 is 14.4 Å². The number of amides is 1. The molecule has 3 rings (SSSR count). The van der Waals surface area contributed by atoms with Gasteiger partial charge in [0.15, 0.2) is 5.76 Å². The summed E-state index contributed by atoms with van der Waals surface area (Å²) in [5.41, 5.74) is 0. The van der Waals surface area contributed by atoms with Crippen molar-refractivity contribution in [2.24, 2.45) is 0 Å². The van der Waals surface area contributed by atoms with Gasteiger partial charge in [0, 0.05) is 25.7 Å². The molecule has 1 unspecified atom stereocenters. The SMILES string of the molecule is Cc1oc(C(=O)N2CCCC2C(=O)O)cc1S(=O)(=O)N1CCCC1. The quantitative estimate of drug-likeness (QED) is 0.864. The zero-order valence-electron chi connectivity index (χ0n) is 13.4. The Balaban J connectivity index is 1.89. The number of hydrogen-bond acceptors (Lipinski definition) is 5. The fraction of sp³-hybridized carbons (Fsp3) is 0.600. The number of carboxylic acid groups (broad SMARTS) is 1. The molecule has 0 saturated carbocycles. The zero-order valence-corrected chi connectivity index (χ0v) is 14.2. The number of furan rings is 1. The molecule has 0 bridgehead atoms. The molecule has 1 atom stereocenters. The standard InChI is InChI=1S/C15H20N2O6S/c1-10-13(24(21,22)16-6-2-3-7-16)9-12(23-10)14(18)17-8-4-5-11(17)15(19)20/h9,11H,2-8H2,1H3,(H,19,20). The summed E-state index contributed by atoms with van der Waals surface area (Å²) in [5.74, 6) is -1.62. The number of carbonyl (C=O) groups excluding carboxylic acids is 1. The van der Waals surface area contributed by atoms with Crippen molar-refractivity contribution in [1.29, 1.82) is 0 Å². The molecule has 0 aromatic carbocycles. The van der Waals surface area contributed by atoms with Crippen LogP contribution in [0, 0.1) is 6.92 Å². The number of carbonyl (C=O) groups is 2. The highest BCUT2D eigenvalue weighted by atomic mass is 32.2. The van der Waals surface area contributed by atoms with Crippen LogP contribution in [0.1, 0.15) is 42.0 Å². The van der Waals surface area contributed by atoms with Gasteiger partial charge in [0.25, 0.3) is 5.91 Å². The van der Waals surface area contributed by atoms with Gasteiger partial charge >= 0.3 is 5.97 Å². The predicted molar refractivity (Wildman–Crippen MR) is 83.1 cm³/mol. The molecule has 2 aliphatic heterocycles. The maximum Gasteiger partial charge on any atom is 0.326 e. The first-order chi connectivity index (χ1) is 11.3. The molecule has 0 spiro atoms. The maximum absolute atomic E-state index is 12.6. The number of hydrogen-bond donors (Lipinski definition) is 1. The third kappa shape index (κ3) is 2.82. The van der Waals surface area contributed by atoms with Crippen molar-refractivity contribution >= 4 is 21.9 Å². The van der Waals surface area contributed by atoms with Crippen LogP contribution in [0.5, 0.6) is 0 Å². The van der Waals surface area contributed by atoms with Crippen LogP contribution in [0.3, 0.4) is 0 Å². The lowest BCUT2D eigenvalue weighted by atomic mass is 10.2. The number of nitrogens with zero attached hydrogens (tertiary/aromatic N) is 2. The minimum Gasteiger partial charge on any atom is -0.480 e. The average molecular weight is 356 g/mol. The second-order valence-electron chi connectivity index (χ2n) is 6.14. The van der Waals surface area contributed by atoms with E-state index in [1.54, 1.807) is 0 Å². The van der Waals surface area contributed by atoms with Gasteiger partial charge in [0.05, 0.1) is 0 Å². The van der Waals surface area contributed by atoms with Crippen molar-refractivity contribution in [3.8, 4) is 0 Å². The van der Waals surface area contributed by atoms with Crippen molar-refractivity contribution in [1.82, 2.24) is 9.21 Å². The Hall–Kier alpha value is -1.87. The minimum atomic E-state index is -3.68. The van der Waals surface area contributed by atoms with Crippen molar-refractivity contribution < 1.29 is 27.5 Å². The monoisotopic (exact) mass is 356 g/mol. The molecule has 1 aromatic rings. The lowest BCUT2D eigenvalue weighted by molar-refractivity contribution is -0.141. The van der Waals surface area contributed by atoms with Gasteiger partial charge in [-0.25, -0.2) is 13.2 Å². The van der Waals surface area contributed by atoms with Gasteiger partial charge in [0.2, 0.25) is 10.0 Å². The first-order valence-corrected chi connectivity index (χ1v) is 9.40. The second-order valence-corrected chi connectivity index (χ2v) is 8.04. The highest BCUT2D eigenvalue weighted by Gasteiger charge is 2.37. The summed E-state index contributed by atoms with van der Waals surface area (Å²) in [6, 6.07) is 0.337. The Morgan fingerprint density at radius 3 is 2.50 bits per heavy atom. The fourth-order valence-electron chi connectivity index (χ4n) is 3.30. The molecule has 9 heteroatoms. The number of likely N-dealkylation sites (tertiary alicyclic amines) is 1. The molecule has 8 nitrogen and oxygen atoms in total. The van der Waals surface area contributed by atoms with Crippen molar-refractivity contribution in [2.75, 3.05) is 19.6 Å². The summed E-state index contributed by atoms with van der Waals surface area (Å²) in [6.07, 6.45) is 2.62. The van der Waals surface area contributed by atoms with E-state index in [2.05, 4.69) is 0 Å². The van der Waals surface area contributed by atoms with E-state index >= 15 is 0 Å². The summed E-state index contributed by atoms with van der Waals surface area (Å²) in [4.78, 5) is 25.0. The van der Waals surface area contributed by atoms with Gasteiger partial charge in [-0.3, -0.25) is 4.79 Å². The average Bonchev–Trinajstić information content (AvgIpc) is 3.26. The molecule has 2 fully saturated rings. The third-order valence-corrected chi connectivity index (χ3v) is 6.57. The van der Waals surface area contributed by atoms with E-state index < -0.39 is 27.9 Å². The molecule has 2 saturated heterocycles. The van der Waals surface area contributed by atoms with Crippen LogP contribution in [0.15, 0.2) is 15.4 Å². The van der Waals surface area contributed by atoms with E-state index in [1.807, 2.05) is 0 Å². The van der Waals surface area contributed by atoms with Crippen LogP contribution in [0.2, 0.25) is 0 Å². The van der Waals surface area contributed by atoms with Gasteiger partial charge in [-0.2, -0.15) is 4.31 Å². The number of sulfonamides is 1. The second kappa shape index (κ2) is 6.21. The largest absolute Gasteiger partial charge is 0.480 e. The normalized spacial score (nSPS) is 22.2. The first-order valence-electron chi connectivity index (χ1n) is 7.96. The molecule has 0 aliphatic carbocycles. The van der Waals surface area contributed by atoms with Crippen molar-refractivity contribution in [3.63, 3.8) is 0 Å². The smallest absolute Gasteiger partial charge is 0.326 e. The molecule has 1 N–H and O–H groups in total. The highest BCUT2D eigenvalue weighted by molar-refractivity contribution is 7.89. The van der Waals surface area contributed by atoms with Crippen LogP contribution in [0.4, 0.5) is 0 Å². The van der Waals surface area contributed by atoms with Crippen LogP contribution in [-0.2, 0) is 14.8 Å². The molecule has 0 radical (unpaired) electrons. The fourth-order valence-corrected chi connectivity index (χ4v) is 4.98. The molecule has 1 aromatic heterocycles. The van der Waals surface area contributed by atoms with E-state index in [9.17, 15) is 23.1 Å². The Labute approximate surface area is 140 Å². The Bertz CT molecular complexity index is 763. The predicted octanol–water partition coefficient (Wildman–Crippen LogP) is 1.06. The van der Waals surface area contributed by atoms with E-state index in [1.165, 1.54) is 22.2 Å². The molecule has 24 heavy (non-hydrogen) atoms. The lowest BCUT2D eigenvalue weighted by Crippen LogP contribution is -2.40. The van der Waals surface area contributed by atoms with Gasteiger partial charge in [-0.05, 0) is 32.6 Å². The van der Waals surface area contributed by atoms with Crippen molar-refractivity contribution in [2.45, 2.75) is 43.5 Å². The van der Waals surface area contributed by atoms with Crippen LogP contribution in [0.25, 0.3) is 0 Å². The molecule has 1 amide bonds. The summed E-state index contributed by atoms with van der Waals surface area (Å²) in [7, 11) is -3.68. The molecule has 3 heterocycles. The maximum atomic E-state index is 12.6. The summed E-state index contributed by atoms with van der Waals surface area (Å²) >= 11 is 0. The van der Waals surface area contributed by atoms with Crippen LogP contribution in [-0.4, -0.2) is 60.3 Å². The Morgan fingerprint density at radius 1 is 1.21 bits per heavy atom. The summed E-state index contributed by atoms with van der Waals surface area (Å²) in [6.45, 7) is 2.75. The Kier molecular flexibility index (Phi) is 4.39. The Morgan fingerprint density at radius 2 is 1.88 bits per heavy atom. The van der Waals surface area contributed by atoms with Crippen molar-refractivity contribution in [3.05, 3.63) is 17.6 Å². The van der Waals surface area contributed by atoms with E-state index in [4.69, 9.17) is 4.42 Å². The first kappa shape index (κ1) is 17.0. The number of carboxylic acids is 1. The van der Waals surface area contributed by atoms with E-state index in [0.717, 1.165) is 12.8 Å². The van der Waals surface area contributed by atoms with Gasteiger partial charge in [-0.1, -0.05) is 0 Å². The summed E-state index contributed by atoms with van der Waals surface area (Å²) < 4.78 is 32.0. The number of aryl methyl sites for hydroxylation is 1. The van der Waals surface area contributed by atoms with Crippen LogP contribution >= 0.6 is 0 Å². The topological polar surface area (TPSA) is 108 Å². The lowest BCUT2D eigenvalue weighted by Gasteiger charge is -2.19. The van der Waals surface area contributed by atoms with E-state index in [0.29, 0.717) is 32.5 Å². The van der Waals surface area contributed by atoms with Crippen LogP contribution < -0.4 is 0 Å². The zero-order chi connectivity index (χ0) is 17.5. The molecule has 2 aliphatic rings. The minimum absolute atomic E-state index is 0.0150. The summed E-state index contributed by atoms with van der Waals surface area (Å²) in [5, 5.41) is 9.19. The van der Waals surface area contributed by atoms with E-state index in [-0.39, 0.29) is 16.4 Å². The molecular weight excluding hydrogens is 336 g/mol.